The smallest absolute Gasteiger partial charge is 0.156 e. The molecule has 0 amide bonds. The van der Waals surface area contributed by atoms with Crippen LogP contribution >= 0.6 is 0 Å². The van der Waals surface area contributed by atoms with Crippen LogP contribution < -0.4 is 10.8 Å². The maximum absolute atomic E-state index is 10.6. The Kier molecular flexibility index (Phi) is 9.09. The highest BCUT2D eigenvalue weighted by molar-refractivity contribution is 4.89. The Morgan fingerprint density at radius 3 is 2.48 bits per heavy atom. The number of hydrogen-bond acceptors (Lipinski definition) is 9. The first-order valence-electron chi connectivity index (χ1n) is 11.3. The molecule has 9 heteroatoms. The quantitative estimate of drug-likeness (QED) is 0.128. The highest BCUT2D eigenvalue weighted by Gasteiger charge is 2.40. The van der Waals surface area contributed by atoms with Gasteiger partial charge in [0.2, 0.25) is 0 Å². The molecule has 9 nitrogen and oxygen atoms in total. The van der Waals surface area contributed by atoms with Gasteiger partial charge in [-0.1, -0.05) is 19.3 Å². The van der Waals surface area contributed by atoms with Crippen molar-refractivity contribution in [1.82, 2.24) is 25.5 Å². The van der Waals surface area contributed by atoms with E-state index in [9.17, 15) is 10.2 Å². The van der Waals surface area contributed by atoms with E-state index in [-0.39, 0.29) is 37.2 Å². The molecule has 0 bridgehead atoms. The van der Waals surface area contributed by atoms with Gasteiger partial charge in [-0.15, -0.1) is 0 Å². The fourth-order valence-electron chi connectivity index (χ4n) is 5.10. The lowest BCUT2D eigenvalue weighted by atomic mass is 10.0. The summed E-state index contributed by atoms with van der Waals surface area (Å²) in [5, 5.41) is 32.3. The maximum atomic E-state index is 10.6. The Labute approximate surface area is 174 Å². The Balaban J connectivity index is 1.30. The van der Waals surface area contributed by atoms with Crippen molar-refractivity contribution in [2.45, 2.75) is 75.8 Å². The summed E-state index contributed by atoms with van der Waals surface area (Å²) in [4.78, 5) is 7.02. The average molecular weight is 416 g/mol. The van der Waals surface area contributed by atoms with Crippen LogP contribution in [0, 0.1) is 5.92 Å². The Bertz CT molecular complexity index is 476. The molecular weight excluding hydrogens is 374 g/mol. The lowest BCUT2D eigenvalue weighted by molar-refractivity contribution is -0.120. The third kappa shape index (κ3) is 6.32. The SMILES string of the molecule is CN1CC(C(O)NCCCCCCC2OC2NO)CN(C)C1N1CCCC1CO. The Morgan fingerprint density at radius 2 is 1.83 bits per heavy atom. The van der Waals surface area contributed by atoms with Crippen LogP contribution in [0.15, 0.2) is 0 Å². The number of likely N-dealkylation sites (tertiary alicyclic amines) is 1. The van der Waals surface area contributed by atoms with Crippen molar-refractivity contribution in [3.8, 4) is 0 Å². The summed E-state index contributed by atoms with van der Waals surface area (Å²) in [6, 6.07) is 0.252. The summed E-state index contributed by atoms with van der Waals surface area (Å²) in [6.07, 6.45) is 7.37. The summed E-state index contributed by atoms with van der Waals surface area (Å²) in [5.41, 5.74) is 2.14. The molecule has 3 rings (SSSR count). The second-order valence-electron chi connectivity index (χ2n) is 9.03. The minimum Gasteiger partial charge on any atom is -0.395 e. The second-order valence-corrected chi connectivity index (χ2v) is 9.03. The average Bonchev–Trinajstić information content (AvgIpc) is 3.31. The van der Waals surface area contributed by atoms with Gasteiger partial charge in [0.1, 0.15) is 18.6 Å². The van der Waals surface area contributed by atoms with E-state index < -0.39 is 6.23 Å². The normalized spacial score (nSPS) is 35.3. The molecule has 29 heavy (non-hydrogen) atoms. The number of aliphatic hydroxyl groups excluding tert-OH is 2. The standard InChI is InChI=1S/C20H41N5O4/c1-23-12-15(13-24(2)20(23)25-11-7-8-16(25)14-26)18(27)21-10-6-4-3-5-9-17-19(22-28)29-17/h15-22,26-28H,3-14H2,1-2H3. The molecule has 0 aromatic carbocycles. The molecule has 4 unspecified atom stereocenters. The zero-order valence-electron chi connectivity index (χ0n) is 18.0. The molecule has 3 aliphatic rings. The first kappa shape index (κ1) is 23.3. The molecule has 0 aromatic heterocycles. The number of nitrogens with zero attached hydrogens (tertiary/aromatic N) is 3. The number of epoxide rings is 1. The van der Waals surface area contributed by atoms with E-state index in [2.05, 4.69) is 39.6 Å². The van der Waals surface area contributed by atoms with Crippen molar-refractivity contribution in [3.63, 3.8) is 0 Å². The molecule has 170 valence electrons. The summed E-state index contributed by atoms with van der Waals surface area (Å²) in [5.74, 6) is 0.173. The van der Waals surface area contributed by atoms with Gasteiger partial charge in [0.15, 0.2) is 6.23 Å². The first-order chi connectivity index (χ1) is 14.0. The van der Waals surface area contributed by atoms with Crippen molar-refractivity contribution in [2.24, 2.45) is 5.92 Å². The van der Waals surface area contributed by atoms with E-state index in [1.165, 1.54) is 0 Å². The molecule has 0 saturated carbocycles. The summed E-state index contributed by atoms with van der Waals surface area (Å²) in [7, 11) is 4.24. The third-order valence-corrected chi connectivity index (χ3v) is 6.69. The monoisotopic (exact) mass is 415 g/mol. The van der Waals surface area contributed by atoms with E-state index in [1.54, 1.807) is 0 Å². The molecule has 3 fully saturated rings. The Morgan fingerprint density at radius 1 is 1.10 bits per heavy atom. The predicted molar refractivity (Wildman–Crippen MR) is 110 cm³/mol. The molecule has 0 spiro atoms. The summed E-state index contributed by atoms with van der Waals surface area (Å²) >= 11 is 0. The van der Waals surface area contributed by atoms with Gasteiger partial charge in [0.05, 0.1) is 6.61 Å². The fourth-order valence-corrected chi connectivity index (χ4v) is 5.10. The summed E-state index contributed by atoms with van der Waals surface area (Å²) in [6.45, 7) is 3.77. The summed E-state index contributed by atoms with van der Waals surface area (Å²) < 4.78 is 5.23. The number of unbranched alkanes of at least 4 members (excludes halogenated alkanes) is 3. The van der Waals surface area contributed by atoms with Crippen LogP contribution in [0.2, 0.25) is 0 Å². The Hall–Kier alpha value is -0.360. The molecule has 3 heterocycles. The van der Waals surface area contributed by atoms with E-state index in [4.69, 9.17) is 9.94 Å². The number of rotatable bonds is 12. The highest BCUT2D eigenvalue weighted by atomic mass is 16.7. The number of aliphatic hydroxyl groups is 2. The topological polar surface area (TPSA) is 107 Å². The van der Waals surface area contributed by atoms with Crippen LogP contribution in [0.4, 0.5) is 0 Å². The number of nitrogens with one attached hydrogen (secondary N) is 2. The third-order valence-electron chi connectivity index (χ3n) is 6.69. The molecule has 4 atom stereocenters. The van der Waals surface area contributed by atoms with E-state index in [1.807, 2.05) is 0 Å². The van der Waals surface area contributed by atoms with Crippen LogP contribution in [-0.2, 0) is 4.74 Å². The van der Waals surface area contributed by atoms with Crippen LogP contribution in [0.5, 0.6) is 0 Å². The van der Waals surface area contributed by atoms with Gasteiger partial charge >= 0.3 is 0 Å². The molecular formula is C20H41N5O4. The fraction of sp³-hybridized carbons (Fsp3) is 1.00. The minimum atomic E-state index is -0.496. The van der Waals surface area contributed by atoms with Gasteiger partial charge in [-0.25, -0.2) is 0 Å². The van der Waals surface area contributed by atoms with Gasteiger partial charge in [-0.3, -0.25) is 20.0 Å². The molecule has 3 saturated heterocycles. The van der Waals surface area contributed by atoms with Crippen LogP contribution in [0.25, 0.3) is 0 Å². The molecule has 5 N–H and O–H groups in total. The lowest BCUT2D eigenvalue weighted by Crippen LogP contribution is -2.65. The molecule has 0 radical (unpaired) electrons. The van der Waals surface area contributed by atoms with E-state index in [0.29, 0.717) is 0 Å². The number of ether oxygens (including phenoxy) is 1. The molecule has 0 aromatic rings. The van der Waals surface area contributed by atoms with Crippen molar-refractivity contribution in [3.05, 3.63) is 0 Å². The van der Waals surface area contributed by atoms with Crippen LogP contribution in [-0.4, -0.2) is 108 Å². The molecule has 0 aliphatic carbocycles. The number of hydroxylamine groups is 1. The van der Waals surface area contributed by atoms with Crippen molar-refractivity contribution in [1.29, 1.82) is 0 Å². The largest absolute Gasteiger partial charge is 0.395 e. The maximum Gasteiger partial charge on any atom is 0.156 e. The number of hydrogen-bond donors (Lipinski definition) is 5. The highest BCUT2D eigenvalue weighted by Crippen LogP contribution is 2.27. The minimum absolute atomic E-state index is 0.154. The van der Waals surface area contributed by atoms with E-state index in [0.717, 1.165) is 71.1 Å². The van der Waals surface area contributed by atoms with Crippen LogP contribution in [0.3, 0.4) is 0 Å². The lowest BCUT2D eigenvalue weighted by Gasteiger charge is -2.50. The van der Waals surface area contributed by atoms with Gasteiger partial charge in [-0.2, -0.15) is 5.48 Å². The van der Waals surface area contributed by atoms with Gasteiger partial charge in [-0.05, 0) is 46.3 Å². The molecule has 3 aliphatic heterocycles. The van der Waals surface area contributed by atoms with Crippen LogP contribution in [0.1, 0.15) is 44.9 Å². The van der Waals surface area contributed by atoms with Gasteiger partial charge in [0.25, 0.3) is 0 Å². The van der Waals surface area contributed by atoms with Crippen molar-refractivity contribution < 1.29 is 20.2 Å². The predicted octanol–water partition coefficient (Wildman–Crippen LogP) is -0.218. The van der Waals surface area contributed by atoms with Crippen molar-refractivity contribution >= 4 is 0 Å². The second kappa shape index (κ2) is 11.3. The van der Waals surface area contributed by atoms with Gasteiger partial charge < -0.3 is 20.2 Å². The first-order valence-corrected chi connectivity index (χ1v) is 11.3. The van der Waals surface area contributed by atoms with Crippen molar-refractivity contribution in [2.75, 3.05) is 46.9 Å². The van der Waals surface area contributed by atoms with E-state index >= 15 is 0 Å². The zero-order chi connectivity index (χ0) is 20.8. The van der Waals surface area contributed by atoms with Gasteiger partial charge in [0, 0.05) is 31.6 Å². The zero-order valence-corrected chi connectivity index (χ0v) is 18.0.